The zero-order chi connectivity index (χ0) is 24.8. The summed E-state index contributed by atoms with van der Waals surface area (Å²) in [6.07, 6.45) is 4.93. The molecule has 0 spiro atoms. The van der Waals surface area contributed by atoms with Crippen LogP contribution in [0.2, 0.25) is 0 Å². The SMILES string of the molecule is CCC(CC)(CC(=O)c1cnn2c1NC(c1ccccc1)CC2(C)C)c1cc2ccccc2n1C. The monoisotopic (exact) mass is 468 g/mol. The summed E-state index contributed by atoms with van der Waals surface area (Å²) in [4.78, 5) is 14.0. The van der Waals surface area contributed by atoms with Gasteiger partial charge in [0.05, 0.1) is 23.3 Å². The number of fused-ring (bicyclic) bond motifs is 2. The molecule has 35 heavy (non-hydrogen) atoms. The van der Waals surface area contributed by atoms with Crippen LogP contribution in [0.4, 0.5) is 5.82 Å². The molecule has 0 saturated heterocycles. The number of rotatable bonds is 7. The summed E-state index contributed by atoms with van der Waals surface area (Å²) in [5.41, 5.74) is 3.94. The number of aromatic nitrogens is 3. The largest absolute Gasteiger partial charge is 0.363 e. The Bertz CT molecular complexity index is 1360. The van der Waals surface area contributed by atoms with Crippen LogP contribution in [-0.2, 0) is 18.0 Å². The molecule has 182 valence electrons. The van der Waals surface area contributed by atoms with Gasteiger partial charge in [-0.3, -0.25) is 4.79 Å². The van der Waals surface area contributed by atoms with E-state index in [2.05, 4.69) is 99.2 Å². The van der Waals surface area contributed by atoms with Gasteiger partial charge in [0.2, 0.25) is 0 Å². The number of hydrogen-bond acceptors (Lipinski definition) is 3. The first-order valence-corrected chi connectivity index (χ1v) is 12.8. The average molecular weight is 469 g/mol. The molecule has 5 rings (SSSR count). The summed E-state index contributed by atoms with van der Waals surface area (Å²) in [6.45, 7) is 8.81. The lowest BCUT2D eigenvalue weighted by Gasteiger charge is -2.38. The van der Waals surface area contributed by atoms with Gasteiger partial charge in [-0.1, -0.05) is 62.4 Å². The fourth-order valence-electron chi connectivity index (χ4n) is 5.99. The van der Waals surface area contributed by atoms with E-state index in [1.807, 2.05) is 10.7 Å². The number of nitrogens with one attached hydrogen (secondary N) is 1. The number of carbonyl (C=O) groups is 1. The number of anilines is 1. The lowest BCUT2D eigenvalue weighted by molar-refractivity contribution is 0.0942. The quantitative estimate of drug-likeness (QED) is 0.297. The molecule has 2 aromatic carbocycles. The highest BCUT2D eigenvalue weighted by Crippen LogP contribution is 2.43. The van der Waals surface area contributed by atoms with E-state index in [0.717, 1.165) is 25.1 Å². The second kappa shape index (κ2) is 8.71. The number of hydrogen-bond donors (Lipinski definition) is 1. The highest BCUT2D eigenvalue weighted by molar-refractivity contribution is 6.01. The van der Waals surface area contributed by atoms with E-state index < -0.39 is 0 Å². The lowest BCUT2D eigenvalue weighted by Crippen LogP contribution is -2.38. The van der Waals surface area contributed by atoms with Crippen LogP contribution in [0, 0.1) is 0 Å². The van der Waals surface area contributed by atoms with E-state index >= 15 is 0 Å². The van der Waals surface area contributed by atoms with Gasteiger partial charge in [0.25, 0.3) is 0 Å². The van der Waals surface area contributed by atoms with Crippen molar-refractivity contribution >= 4 is 22.5 Å². The van der Waals surface area contributed by atoms with Crippen molar-refractivity contribution in [3.63, 3.8) is 0 Å². The molecule has 2 aromatic heterocycles. The zero-order valence-electron chi connectivity index (χ0n) is 21.5. The van der Waals surface area contributed by atoms with Crippen LogP contribution in [0.25, 0.3) is 10.9 Å². The topological polar surface area (TPSA) is 51.9 Å². The van der Waals surface area contributed by atoms with Crippen molar-refractivity contribution in [1.82, 2.24) is 14.3 Å². The Balaban J connectivity index is 1.51. The predicted octanol–water partition coefficient (Wildman–Crippen LogP) is 7.00. The molecular formula is C30H36N4O. The van der Waals surface area contributed by atoms with Gasteiger partial charge in [-0.15, -0.1) is 0 Å². The van der Waals surface area contributed by atoms with Gasteiger partial charge in [-0.2, -0.15) is 5.10 Å². The Morgan fingerprint density at radius 1 is 1.09 bits per heavy atom. The summed E-state index contributed by atoms with van der Waals surface area (Å²) < 4.78 is 4.28. The molecule has 0 saturated carbocycles. The summed E-state index contributed by atoms with van der Waals surface area (Å²) in [5.74, 6) is 0.996. The molecule has 0 amide bonds. The fraction of sp³-hybridized carbons (Fsp3) is 0.400. The minimum atomic E-state index is -0.233. The van der Waals surface area contributed by atoms with Gasteiger partial charge in [-0.05, 0) is 56.2 Å². The van der Waals surface area contributed by atoms with Crippen molar-refractivity contribution in [1.29, 1.82) is 0 Å². The molecule has 1 aliphatic rings. The Labute approximate surface area is 208 Å². The first-order chi connectivity index (χ1) is 16.8. The smallest absolute Gasteiger partial charge is 0.169 e. The van der Waals surface area contributed by atoms with Crippen LogP contribution in [-0.4, -0.2) is 20.1 Å². The Kier molecular flexibility index (Phi) is 5.82. The van der Waals surface area contributed by atoms with E-state index in [9.17, 15) is 4.79 Å². The van der Waals surface area contributed by atoms with Gasteiger partial charge >= 0.3 is 0 Å². The van der Waals surface area contributed by atoms with Crippen LogP contribution in [0.3, 0.4) is 0 Å². The molecule has 0 radical (unpaired) electrons. The molecule has 1 unspecified atom stereocenters. The molecule has 5 nitrogen and oxygen atoms in total. The number of nitrogens with zero attached hydrogens (tertiary/aromatic N) is 3. The molecule has 0 bridgehead atoms. The second-order valence-electron chi connectivity index (χ2n) is 10.7. The van der Waals surface area contributed by atoms with Crippen molar-refractivity contribution in [3.8, 4) is 0 Å². The van der Waals surface area contributed by atoms with Crippen molar-refractivity contribution in [2.75, 3.05) is 5.32 Å². The van der Waals surface area contributed by atoms with E-state index in [1.54, 1.807) is 6.20 Å². The van der Waals surface area contributed by atoms with Gasteiger partial charge in [0, 0.05) is 30.1 Å². The maximum Gasteiger partial charge on any atom is 0.169 e. The molecule has 0 fully saturated rings. The molecule has 0 aliphatic carbocycles. The third kappa shape index (κ3) is 3.87. The Hall–Kier alpha value is -3.34. The predicted molar refractivity (Wildman–Crippen MR) is 143 cm³/mol. The Morgan fingerprint density at radius 3 is 2.46 bits per heavy atom. The second-order valence-corrected chi connectivity index (χ2v) is 10.7. The lowest BCUT2D eigenvalue weighted by atomic mass is 9.74. The summed E-state index contributed by atoms with van der Waals surface area (Å²) >= 11 is 0. The van der Waals surface area contributed by atoms with Crippen molar-refractivity contribution in [3.05, 3.63) is 83.7 Å². The number of carbonyl (C=O) groups excluding carboxylic acids is 1. The van der Waals surface area contributed by atoms with Crippen molar-refractivity contribution < 1.29 is 4.79 Å². The van der Waals surface area contributed by atoms with Crippen LogP contribution < -0.4 is 5.32 Å². The molecule has 5 heteroatoms. The van der Waals surface area contributed by atoms with E-state index in [0.29, 0.717) is 12.0 Å². The number of benzene rings is 2. The first-order valence-electron chi connectivity index (χ1n) is 12.8. The van der Waals surface area contributed by atoms with Crippen molar-refractivity contribution in [2.24, 2.45) is 7.05 Å². The van der Waals surface area contributed by atoms with Crippen molar-refractivity contribution in [2.45, 2.75) is 70.4 Å². The first kappa shape index (κ1) is 23.4. The van der Waals surface area contributed by atoms with E-state index in [1.165, 1.54) is 22.2 Å². The number of aryl methyl sites for hydroxylation is 1. The molecule has 1 N–H and O–H groups in total. The average Bonchev–Trinajstić information content (AvgIpc) is 3.45. The third-order valence-electron chi connectivity index (χ3n) is 8.21. The Morgan fingerprint density at radius 2 is 1.77 bits per heavy atom. The number of ketones is 1. The van der Waals surface area contributed by atoms with Gasteiger partial charge in [-0.25, -0.2) is 4.68 Å². The third-order valence-corrected chi connectivity index (χ3v) is 8.21. The molecule has 1 aliphatic heterocycles. The van der Waals surface area contributed by atoms with Gasteiger partial charge < -0.3 is 9.88 Å². The molecule has 4 aromatic rings. The van der Waals surface area contributed by atoms with Crippen LogP contribution in [0.1, 0.15) is 81.0 Å². The summed E-state index contributed by atoms with van der Waals surface area (Å²) in [6, 6.07) is 21.4. The zero-order valence-corrected chi connectivity index (χ0v) is 21.5. The van der Waals surface area contributed by atoms with Crippen LogP contribution in [0.15, 0.2) is 66.9 Å². The van der Waals surface area contributed by atoms with E-state index in [4.69, 9.17) is 5.10 Å². The van der Waals surface area contributed by atoms with Gasteiger partial charge in [0.15, 0.2) is 5.78 Å². The highest BCUT2D eigenvalue weighted by atomic mass is 16.1. The van der Waals surface area contributed by atoms with E-state index in [-0.39, 0.29) is 22.8 Å². The normalized spacial score (nSPS) is 17.2. The molecular weight excluding hydrogens is 432 g/mol. The number of Topliss-reactive ketones (excluding diaryl/α,β-unsaturated/α-hetero) is 1. The van der Waals surface area contributed by atoms with Crippen LogP contribution >= 0.6 is 0 Å². The minimum Gasteiger partial charge on any atom is -0.363 e. The van der Waals surface area contributed by atoms with Crippen LogP contribution in [0.5, 0.6) is 0 Å². The highest BCUT2D eigenvalue weighted by Gasteiger charge is 2.39. The molecule has 1 atom stereocenters. The summed E-state index contributed by atoms with van der Waals surface area (Å²) in [7, 11) is 2.12. The maximum absolute atomic E-state index is 14.0. The van der Waals surface area contributed by atoms with Gasteiger partial charge in [0.1, 0.15) is 5.82 Å². The maximum atomic E-state index is 14.0. The summed E-state index contributed by atoms with van der Waals surface area (Å²) in [5, 5.41) is 9.58. The standard InChI is InChI=1S/C30H36N4O/c1-6-30(7-2,27-17-22-15-11-12-16-25(22)33(27)5)19-26(35)23-20-31-34-28(23)32-24(18-29(34,3)4)21-13-9-8-10-14-21/h8-17,20,24,32H,6-7,18-19H2,1-5H3. The minimum absolute atomic E-state index is 0.141. The molecule has 3 heterocycles. The number of para-hydroxylation sites is 1. The fourth-order valence-corrected chi connectivity index (χ4v) is 5.99.